The van der Waals surface area contributed by atoms with E-state index < -0.39 is 5.91 Å². The maximum absolute atomic E-state index is 10.8. The van der Waals surface area contributed by atoms with Crippen LogP contribution >= 0.6 is 15.9 Å². The van der Waals surface area contributed by atoms with Gasteiger partial charge in [0.2, 0.25) is 5.95 Å². The monoisotopic (exact) mass is 225 g/mol. The minimum absolute atomic E-state index is 0.248. The molecule has 1 heterocycles. The lowest BCUT2D eigenvalue weighted by atomic mass is 10.6. The van der Waals surface area contributed by atoms with Crippen LogP contribution in [0, 0.1) is 10.8 Å². The lowest BCUT2D eigenvalue weighted by Crippen LogP contribution is -2.10. The number of anilines is 1. The van der Waals surface area contributed by atoms with Crippen LogP contribution in [0.4, 0.5) is 5.95 Å². The van der Waals surface area contributed by atoms with Crippen LogP contribution in [0.5, 0.6) is 0 Å². The normalized spacial score (nSPS) is 8.08. The van der Waals surface area contributed by atoms with Crippen LogP contribution < -0.4 is 5.32 Å². The number of hydrogen-bond acceptors (Lipinski definition) is 3. The van der Waals surface area contributed by atoms with E-state index in [1.54, 1.807) is 6.07 Å². The molecule has 0 aromatic carbocycles. The fraction of sp³-hybridized carbons (Fsp3) is 0. The first-order valence-corrected chi connectivity index (χ1v) is 3.82. The van der Waals surface area contributed by atoms with E-state index in [-0.39, 0.29) is 5.95 Å². The molecular formula is C7H4BrN3O. The summed E-state index contributed by atoms with van der Waals surface area (Å²) in [7, 11) is 0. The number of carbonyl (C=O) groups excluding carboxylic acids is 1. The van der Waals surface area contributed by atoms with Crippen molar-refractivity contribution in [3.63, 3.8) is 0 Å². The number of halogens is 1. The first-order chi connectivity index (χ1) is 5.83. The molecule has 0 spiro atoms. The average Bonchev–Trinajstić information content (AvgIpc) is 2.06. The van der Waals surface area contributed by atoms with Crippen LogP contribution in [-0.4, -0.2) is 15.9 Å². The fourth-order valence-corrected chi connectivity index (χ4v) is 0.719. The van der Waals surface area contributed by atoms with Crippen molar-refractivity contribution in [3.05, 3.63) is 18.5 Å². The van der Waals surface area contributed by atoms with Gasteiger partial charge in [0.15, 0.2) is 0 Å². The highest BCUT2D eigenvalue weighted by molar-refractivity contribution is 9.12. The molecule has 0 aliphatic carbocycles. The Balaban J connectivity index is 2.63. The molecule has 1 aromatic rings. The second-order valence-electron chi connectivity index (χ2n) is 1.75. The van der Waals surface area contributed by atoms with Crippen molar-refractivity contribution in [2.45, 2.75) is 0 Å². The molecule has 60 valence electrons. The number of rotatable bonds is 1. The topological polar surface area (TPSA) is 54.9 Å². The number of hydrogen-bond donors (Lipinski definition) is 1. The molecule has 1 N–H and O–H groups in total. The maximum Gasteiger partial charge on any atom is 0.303 e. The van der Waals surface area contributed by atoms with Gasteiger partial charge in [-0.25, -0.2) is 9.97 Å². The van der Waals surface area contributed by atoms with Crippen molar-refractivity contribution in [1.82, 2.24) is 9.97 Å². The summed E-state index contributed by atoms with van der Waals surface area (Å²) in [6.45, 7) is 0. The number of amides is 1. The van der Waals surface area contributed by atoms with Gasteiger partial charge >= 0.3 is 5.91 Å². The van der Waals surface area contributed by atoms with Crippen LogP contribution in [0.15, 0.2) is 18.5 Å². The van der Waals surface area contributed by atoms with Crippen molar-refractivity contribution in [1.29, 1.82) is 0 Å². The second kappa shape index (κ2) is 4.46. The molecule has 1 amide bonds. The number of carbonyl (C=O) groups is 1. The van der Waals surface area contributed by atoms with E-state index in [1.165, 1.54) is 12.4 Å². The van der Waals surface area contributed by atoms with Gasteiger partial charge in [0, 0.05) is 34.2 Å². The molecular weight excluding hydrogens is 222 g/mol. The van der Waals surface area contributed by atoms with Crippen LogP contribution in [0.3, 0.4) is 0 Å². The summed E-state index contributed by atoms with van der Waals surface area (Å²) in [4.78, 5) is 20.7. The molecule has 0 bridgehead atoms. The molecule has 0 saturated carbocycles. The molecule has 0 aliphatic rings. The highest BCUT2D eigenvalue weighted by atomic mass is 79.9. The zero-order chi connectivity index (χ0) is 8.81. The standard InChI is InChI=1S/C7H4BrN3O/c8-3-2-6(12)11-7-9-4-1-5-10-7/h1,4-5H,(H,9,10,11,12). The smallest absolute Gasteiger partial charge is 0.283 e. The predicted octanol–water partition coefficient (Wildman–Crippen LogP) is 0.771. The Morgan fingerprint density at radius 1 is 1.50 bits per heavy atom. The first-order valence-electron chi connectivity index (χ1n) is 3.02. The lowest BCUT2D eigenvalue weighted by Gasteiger charge is -1.95. The Bertz CT molecular complexity index is 327. The SMILES string of the molecule is O=C(C#CBr)Nc1ncccn1. The van der Waals surface area contributed by atoms with Gasteiger partial charge in [-0.05, 0) is 10.9 Å². The third-order valence-corrected chi connectivity index (χ3v) is 1.15. The summed E-state index contributed by atoms with van der Waals surface area (Å²) in [5.74, 6) is 2.03. The van der Waals surface area contributed by atoms with Crippen LogP contribution in [-0.2, 0) is 4.79 Å². The predicted molar refractivity (Wildman–Crippen MR) is 47.4 cm³/mol. The van der Waals surface area contributed by atoms with Crippen molar-refractivity contribution in [2.75, 3.05) is 5.32 Å². The van der Waals surface area contributed by atoms with Gasteiger partial charge in [0.1, 0.15) is 0 Å². The van der Waals surface area contributed by atoms with E-state index in [2.05, 4.69) is 42.0 Å². The molecule has 4 nitrogen and oxygen atoms in total. The van der Waals surface area contributed by atoms with E-state index in [1.807, 2.05) is 0 Å². The molecule has 0 atom stereocenters. The Kier molecular flexibility index (Phi) is 3.23. The molecule has 0 fully saturated rings. The summed E-state index contributed by atoms with van der Waals surface area (Å²) in [6, 6.07) is 1.66. The van der Waals surface area contributed by atoms with E-state index in [0.29, 0.717) is 0 Å². The molecule has 0 aliphatic heterocycles. The summed E-state index contributed by atoms with van der Waals surface area (Å²) in [6.07, 6.45) is 3.06. The minimum atomic E-state index is -0.446. The Morgan fingerprint density at radius 2 is 2.17 bits per heavy atom. The molecule has 1 rings (SSSR count). The van der Waals surface area contributed by atoms with Crippen LogP contribution in [0.2, 0.25) is 0 Å². The third kappa shape index (κ3) is 2.68. The fourth-order valence-electron chi connectivity index (χ4n) is 0.539. The highest BCUT2D eigenvalue weighted by Gasteiger charge is 1.97. The van der Waals surface area contributed by atoms with E-state index in [0.717, 1.165) is 0 Å². The summed E-state index contributed by atoms with van der Waals surface area (Å²) in [5.41, 5.74) is 0. The Labute approximate surface area is 77.5 Å². The molecule has 1 aromatic heterocycles. The summed E-state index contributed by atoms with van der Waals surface area (Å²) >= 11 is 2.80. The van der Waals surface area contributed by atoms with Crippen molar-refractivity contribution in [3.8, 4) is 10.8 Å². The lowest BCUT2D eigenvalue weighted by molar-refractivity contribution is -0.111. The maximum atomic E-state index is 10.8. The Hall–Kier alpha value is -1.41. The summed E-state index contributed by atoms with van der Waals surface area (Å²) in [5, 5.41) is 2.38. The third-order valence-electron chi connectivity index (χ3n) is 0.952. The molecule has 0 unspecified atom stereocenters. The van der Waals surface area contributed by atoms with Gasteiger partial charge in [-0.15, -0.1) is 0 Å². The van der Waals surface area contributed by atoms with Gasteiger partial charge in [-0.1, -0.05) is 0 Å². The molecule has 5 heteroatoms. The van der Waals surface area contributed by atoms with E-state index in [9.17, 15) is 4.79 Å². The molecule has 0 radical (unpaired) electrons. The highest BCUT2D eigenvalue weighted by Crippen LogP contribution is 1.92. The van der Waals surface area contributed by atoms with Gasteiger partial charge in [0.25, 0.3) is 0 Å². The number of nitrogens with zero attached hydrogens (tertiary/aromatic N) is 2. The van der Waals surface area contributed by atoms with Crippen LogP contribution in [0.25, 0.3) is 0 Å². The van der Waals surface area contributed by atoms with Crippen molar-refractivity contribution in [2.24, 2.45) is 0 Å². The van der Waals surface area contributed by atoms with Gasteiger partial charge in [-0.2, -0.15) is 0 Å². The first kappa shape index (κ1) is 8.68. The largest absolute Gasteiger partial charge is 0.303 e. The van der Waals surface area contributed by atoms with Gasteiger partial charge in [-0.3, -0.25) is 10.1 Å². The molecule has 12 heavy (non-hydrogen) atoms. The second-order valence-corrected chi connectivity index (χ2v) is 2.14. The Morgan fingerprint density at radius 3 is 2.75 bits per heavy atom. The van der Waals surface area contributed by atoms with E-state index >= 15 is 0 Å². The minimum Gasteiger partial charge on any atom is -0.283 e. The van der Waals surface area contributed by atoms with Crippen molar-refractivity contribution >= 4 is 27.8 Å². The average molecular weight is 226 g/mol. The van der Waals surface area contributed by atoms with Crippen molar-refractivity contribution < 1.29 is 4.79 Å². The molecule has 0 saturated heterocycles. The van der Waals surface area contributed by atoms with E-state index in [4.69, 9.17) is 0 Å². The van der Waals surface area contributed by atoms with Gasteiger partial charge < -0.3 is 0 Å². The summed E-state index contributed by atoms with van der Waals surface area (Å²) < 4.78 is 0. The number of aromatic nitrogens is 2. The zero-order valence-electron chi connectivity index (χ0n) is 5.91. The van der Waals surface area contributed by atoms with Crippen LogP contribution in [0.1, 0.15) is 0 Å². The quantitative estimate of drug-likeness (QED) is 0.719. The zero-order valence-corrected chi connectivity index (χ0v) is 7.50. The van der Waals surface area contributed by atoms with Gasteiger partial charge in [0.05, 0.1) is 0 Å². The number of nitrogens with one attached hydrogen (secondary N) is 1.